The summed E-state index contributed by atoms with van der Waals surface area (Å²) in [6.07, 6.45) is 0. The van der Waals surface area contributed by atoms with Gasteiger partial charge in [0.25, 0.3) is 5.91 Å². The number of carbonyl (C=O) groups excluding carboxylic acids is 1. The number of thiazole rings is 1. The number of amides is 1. The molecule has 0 spiro atoms. The summed E-state index contributed by atoms with van der Waals surface area (Å²) >= 11 is 1.38. The molecule has 5 nitrogen and oxygen atoms in total. The zero-order valence-electron chi connectivity index (χ0n) is 14.0. The Morgan fingerprint density at radius 3 is 2.68 bits per heavy atom. The second kappa shape index (κ2) is 7.81. The summed E-state index contributed by atoms with van der Waals surface area (Å²) in [4.78, 5) is 16.4. The highest BCUT2D eigenvalue weighted by Gasteiger charge is 2.09. The van der Waals surface area contributed by atoms with E-state index in [1.807, 2.05) is 60.8 Å². The van der Waals surface area contributed by atoms with E-state index in [1.165, 1.54) is 11.3 Å². The Bertz CT molecular complexity index is 859. The number of ether oxygens (including phenoxy) is 2. The number of nitrogens with one attached hydrogen (secondary N) is 1. The number of rotatable bonds is 6. The van der Waals surface area contributed by atoms with Crippen molar-refractivity contribution < 1.29 is 14.3 Å². The van der Waals surface area contributed by atoms with E-state index in [0.717, 1.165) is 22.6 Å². The van der Waals surface area contributed by atoms with Crippen molar-refractivity contribution in [3.05, 3.63) is 59.5 Å². The first-order valence-corrected chi connectivity index (χ1v) is 8.61. The van der Waals surface area contributed by atoms with Crippen LogP contribution < -0.4 is 14.8 Å². The van der Waals surface area contributed by atoms with Crippen LogP contribution in [0.1, 0.15) is 5.56 Å². The number of carbonyl (C=O) groups is 1. The fourth-order valence-electron chi connectivity index (χ4n) is 2.23. The molecule has 0 saturated carbocycles. The molecule has 0 unspecified atom stereocenters. The molecule has 0 saturated heterocycles. The van der Waals surface area contributed by atoms with Crippen LogP contribution in [-0.4, -0.2) is 24.6 Å². The Kier molecular flexibility index (Phi) is 5.30. The lowest BCUT2D eigenvalue weighted by molar-refractivity contribution is -0.118. The van der Waals surface area contributed by atoms with Crippen molar-refractivity contribution >= 4 is 22.4 Å². The van der Waals surface area contributed by atoms with Gasteiger partial charge in [-0.05, 0) is 48.9 Å². The van der Waals surface area contributed by atoms with Gasteiger partial charge in [-0.1, -0.05) is 12.1 Å². The summed E-state index contributed by atoms with van der Waals surface area (Å²) in [5.74, 6) is 1.23. The second-order valence-electron chi connectivity index (χ2n) is 5.42. The van der Waals surface area contributed by atoms with Gasteiger partial charge in [-0.25, -0.2) is 4.98 Å². The average molecular weight is 354 g/mol. The molecule has 1 amide bonds. The summed E-state index contributed by atoms with van der Waals surface area (Å²) in [7, 11) is 1.63. The third kappa shape index (κ3) is 4.58. The maximum Gasteiger partial charge on any atom is 0.264 e. The number of hydrogen-bond acceptors (Lipinski definition) is 5. The van der Waals surface area contributed by atoms with Crippen LogP contribution in [0.5, 0.6) is 11.5 Å². The molecule has 1 aromatic heterocycles. The van der Waals surface area contributed by atoms with Gasteiger partial charge in [0.2, 0.25) is 0 Å². The average Bonchev–Trinajstić information content (AvgIpc) is 3.08. The van der Waals surface area contributed by atoms with E-state index >= 15 is 0 Å². The molecular formula is C19H18N2O3S. The maximum absolute atomic E-state index is 12.0. The first-order chi connectivity index (χ1) is 12.1. The number of benzene rings is 2. The predicted octanol–water partition coefficient (Wildman–Crippen LogP) is 4.14. The molecule has 0 aliphatic heterocycles. The number of nitrogens with zero attached hydrogens (tertiary/aromatic N) is 1. The van der Waals surface area contributed by atoms with Gasteiger partial charge < -0.3 is 9.47 Å². The molecule has 3 rings (SSSR count). The zero-order valence-corrected chi connectivity index (χ0v) is 14.8. The van der Waals surface area contributed by atoms with Crippen LogP contribution in [0, 0.1) is 6.92 Å². The monoisotopic (exact) mass is 354 g/mol. The van der Waals surface area contributed by atoms with Crippen molar-refractivity contribution in [2.24, 2.45) is 0 Å². The lowest BCUT2D eigenvalue weighted by atomic mass is 10.2. The van der Waals surface area contributed by atoms with E-state index in [2.05, 4.69) is 10.3 Å². The summed E-state index contributed by atoms with van der Waals surface area (Å²) in [6.45, 7) is 1.92. The van der Waals surface area contributed by atoms with E-state index in [0.29, 0.717) is 10.9 Å². The van der Waals surface area contributed by atoms with Gasteiger partial charge in [0.05, 0.1) is 12.8 Å². The summed E-state index contributed by atoms with van der Waals surface area (Å²) in [6, 6.07) is 15.2. The third-order valence-electron chi connectivity index (χ3n) is 3.50. The molecule has 2 aromatic carbocycles. The number of hydrogen-bond donors (Lipinski definition) is 1. The van der Waals surface area contributed by atoms with Gasteiger partial charge in [-0.15, -0.1) is 11.3 Å². The van der Waals surface area contributed by atoms with Crippen LogP contribution in [0.15, 0.2) is 53.9 Å². The van der Waals surface area contributed by atoms with E-state index in [9.17, 15) is 4.79 Å². The van der Waals surface area contributed by atoms with Crippen LogP contribution in [0.4, 0.5) is 5.13 Å². The van der Waals surface area contributed by atoms with Gasteiger partial charge >= 0.3 is 0 Å². The summed E-state index contributed by atoms with van der Waals surface area (Å²) < 4.78 is 10.6. The minimum atomic E-state index is -0.239. The van der Waals surface area contributed by atoms with Crippen molar-refractivity contribution in [3.63, 3.8) is 0 Å². The molecule has 1 heterocycles. The van der Waals surface area contributed by atoms with Crippen LogP contribution in [0.3, 0.4) is 0 Å². The van der Waals surface area contributed by atoms with E-state index in [-0.39, 0.29) is 12.5 Å². The fraction of sp³-hybridized carbons (Fsp3) is 0.158. The molecule has 0 aliphatic carbocycles. The highest BCUT2D eigenvalue weighted by atomic mass is 32.1. The molecular weight excluding hydrogens is 336 g/mol. The third-order valence-corrected chi connectivity index (χ3v) is 4.25. The Balaban J connectivity index is 1.57. The minimum absolute atomic E-state index is 0.0547. The molecule has 0 bridgehead atoms. The van der Waals surface area contributed by atoms with Gasteiger partial charge in [0, 0.05) is 10.9 Å². The number of aryl methyl sites for hydroxylation is 1. The molecule has 0 aliphatic rings. The highest BCUT2D eigenvalue weighted by molar-refractivity contribution is 7.14. The normalized spacial score (nSPS) is 10.3. The van der Waals surface area contributed by atoms with Crippen molar-refractivity contribution in [1.82, 2.24) is 4.98 Å². The molecule has 0 atom stereocenters. The predicted molar refractivity (Wildman–Crippen MR) is 99.4 cm³/mol. The van der Waals surface area contributed by atoms with E-state index < -0.39 is 0 Å². The topological polar surface area (TPSA) is 60.5 Å². The van der Waals surface area contributed by atoms with Crippen LogP contribution >= 0.6 is 11.3 Å². The van der Waals surface area contributed by atoms with Crippen molar-refractivity contribution in [3.8, 4) is 22.8 Å². The SMILES string of the molecule is COc1ccc(-c2csc(NC(=O)COc3cccc(C)c3)n2)cc1. The largest absolute Gasteiger partial charge is 0.497 e. The molecule has 3 aromatic rings. The first-order valence-electron chi connectivity index (χ1n) is 7.73. The first kappa shape index (κ1) is 17.0. The fourth-order valence-corrected chi connectivity index (χ4v) is 2.97. The molecule has 128 valence electrons. The lowest BCUT2D eigenvalue weighted by Gasteiger charge is -2.06. The summed E-state index contributed by atoms with van der Waals surface area (Å²) in [5.41, 5.74) is 2.86. The van der Waals surface area contributed by atoms with Crippen molar-refractivity contribution in [2.45, 2.75) is 6.92 Å². The molecule has 25 heavy (non-hydrogen) atoms. The molecule has 0 radical (unpaired) electrons. The van der Waals surface area contributed by atoms with E-state index in [4.69, 9.17) is 9.47 Å². The highest BCUT2D eigenvalue weighted by Crippen LogP contribution is 2.26. The van der Waals surface area contributed by atoms with Crippen LogP contribution in [-0.2, 0) is 4.79 Å². The zero-order chi connectivity index (χ0) is 17.6. The molecule has 0 fully saturated rings. The number of methoxy groups -OCH3 is 1. The van der Waals surface area contributed by atoms with Gasteiger partial charge in [-0.3, -0.25) is 10.1 Å². The van der Waals surface area contributed by atoms with Gasteiger partial charge in [-0.2, -0.15) is 0 Å². The van der Waals surface area contributed by atoms with Gasteiger partial charge in [0.15, 0.2) is 11.7 Å². The van der Waals surface area contributed by atoms with Crippen LogP contribution in [0.25, 0.3) is 11.3 Å². The summed E-state index contributed by atoms with van der Waals surface area (Å²) in [5, 5.41) is 5.20. The van der Waals surface area contributed by atoms with Crippen LogP contribution in [0.2, 0.25) is 0 Å². The van der Waals surface area contributed by atoms with E-state index in [1.54, 1.807) is 7.11 Å². The number of aromatic nitrogens is 1. The van der Waals surface area contributed by atoms with Crippen molar-refractivity contribution in [1.29, 1.82) is 0 Å². The Labute approximate surface area is 150 Å². The van der Waals surface area contributed by atoms with Gasteiger partial charge in [0.1, 0.15) is 11.5 Å². The quantitative estimate of drug-likeness (QED) is 0.722. The minimum Gasteiger partial charge on any atom is -0.497 e. The second-order valence-corrected chi connectivity index (χ2v) is 6.28. The molecule has 6 heteroatoms. The Morgan fingerprint density at radius 2 is 1.96 bits per heavy atom. The standard InChI is InChI=1S/C19H18N2O3S/c1-13-4-3-5-16(10-13)24-11-18(22)21-19-20-17(12-25-19)14-6-8-15(23-2)9-7-14/h3-10,12H,11H2,1-2H3,(H,20,21,22). The maximum atomic E-state index is 12.0. The Hall–Kier alpha value is -2.86. The number of anilines is 1. The molecule has 1 N–H and O–H groups in total. The smallest absolute Gasteiger partial charge is 0.264 e. The lowest BCUT2D eigenvalue weighted by Crippen LogP contribution is -2.20. The van der Waals surface area contributed by atoms with Crippen molar-refractivity contribution in [2.75, 3.05) is 19.0 Å². The Morgan fingerprint density at radius 1 is 1.16 bits per heavy atom.